The highest BCUT2D eigenvalue weighted by Crippen LogP contribution is 2.25. The van der Waals surface area contributed by atoms with Gasteiger partial charge in [0.15, 0.2) is 0 Å². The Morgan fingerprint density at radius 3 is 3.06 bits per heavy atom. The molecule has 0 saturated carbocycles. The van der Waals surface area contributed by atoms with Crippen LogP contribution < -0.4 is 0 Å². The van der Waals surface area contributed by atoms with Gasteiger partial charge in [0.2, 0.25) is 5.82 Å². The Labute approximate surface area is 92.5 Å². The number of nitrogens with one attached hydrogen (secondary N) is 1. The van der Waals surface area contributed by atoms with Crippen LogP contribution in [-0.2, 0) is 6.54 Å². The first-order valence-corrected chi connectivity index (χ1v) is 5.27. The zero-order valence-electron chi connectivity index (χ0n) is 9.25. The Hall–Kier alpha value is -1.76. The minimum atomic E-state index is 0.328. The molecule has 7 heteroatoms. The maximum absolute atomic E-state index is 4.56. The molecule has 2 aromatic heterocycles. The Morgan fingerprint density at radius 2 is 2.31 bits per heavy atom. The molecule has 1 aliphatic rings. The third kappa shape index (κ3) is 1.32. The third-order valence-corrected chi connectivity index (χ3v) is 3.11. The highest BCUT2D eigenvalue weighted by molar-refractivity contribution is 5.46. The molecule has 2 aromatic rings. The SMILES string of the molecule is CC1c2nc(-c3nn[nH]n3)cn2CCN1C. The molecule has 0 amide bonds. The van der Waals surface area contributed by atoms with E-state index in [4.69, 9.17) is 0 Å². The lowest BCUT2D eigenvalue weighted by Crippen LogP contribution is -2.33. The van der Waals surface area contributed by atoms with Crippen molar-refractivity contribution in [3.05, 3.63) is 12.0 Å². The fraction of sp³-hybridized carbons (Fsp3) is 0.556. The Bertz CT molecular complexity index is 486. The molecule has 1 atom stereocenters. The predicted molar refractivity (Wildman–Crippen MR) is 56.4 cm³/mol. The Balaban J connectivity index is 2.04. The first-order chi connectivity index (χ1) is 7.75. The normalized spacial score (nSPS) is 21.0. The second kappa shape index (κ2) is 3.38. The van der Waals surface area contributed by atoms with E-state index < -0.39 is 0 Å². The van der Waals surface area contributed by atoms with Gasteiger partial charge >= 0.3 is 0 Å². The van der Waals surface area contributed by atoms with E-state index in [1.807, 2.05) is 6.20 Å². The lowest BCUT2D eigenvalue weighted by atomic mass is 10.2. The smallest absolute Gasteiger partial charge is 0.224 e. The van der Waals surface area contributed by atoms with E-state index in [0.29, 0.717) is 11.9 Å². The van der Waals surface area contributed by atoms with Gasteiger partial charge in [-0.15, -0.1) is 10.2 Å². The van der Waals surface area contributed by atoms with Gasteiger partial charge in [-0.25, -0.2) is 4.98 Å². The van der Waals surface area contributed by atoms with E-state index in [1.54, 1.807) is 0 Å². The van der Waals surface area contributed by atoms with Crippen molar-refractivity contribution in [3.8, 4) is 11.5 Å². The first kappa shape index (κ1) is 9.46. The summed E-state index contributed by atoms with van der Waals surface area (Å²) in [5, 5.41) is 13.9. The van der Waals surface area contributed by atoms with Gasteiger partial charge in [-0.1, -0.05) is 0 Å². The molecule has 3 rings (SSSR count). The van der Waals surface area contributed by atoms with Gasteiger partial charge in [-0.2, -0.15) is 5.21 Å². The molecule has 0 aliphatic carbocycles. The van der Waals surface area contributed by atoms with Crippen LogP contribution in [0.4, 0.5) is 0 Å². The number of aromatic nitrogens is 6. The van der Waals surface area contributed by atoms with Crippen molar-refractivity contribution >= 4 is 0 Å². The number of imidazole rings is 1. The van der Waals surface area contributed by atoms with Crippen molar-refractivity contribution in [2.45, 2.75) is 19.5 Å². The van der Waals surface area contributed by atoms with Crippen LogP contribution in [0.2, 0.25) is 0 Å². The molecule has 0 bridgehead atoms. The van der Waals surface area contributed by atoms with Crippen molar-refractivity contribution in [3.63, 3.8) is 0 Å². The second-order valence-electron chi connectivity index (χ2n) is 4.07. The number of fused-ring (bicyclic) bond motifs is 1. The number of hydrogen-bond acceptors (Lipinski definition) is 5. The molecule has 0 radical (unpaired) electrons. The van der Waals surface area contributed by atoms with Crippen LogP contribution in [0.25, 0.3) is 11.5 Å². The lowest BCUT2D eigenvalue weighted by molar-refractivity contribution is 0.206. The van der Waals surface area contributed by atoms with Gasteiger partial charge in [-0.3, -0.25) is 4.90 Å². The summed E-state index contributed by atoms with van der Waals surface area (Å²) in [6.45, 7) is 4.15. The maximum atomic E-state index is 4.56. The fourth-order valence-corrected chi connectivity index (χ4v) is 1.98. The van der Waals surface area contributed by atoms with Crippen molar-refractivity contribution in [2.75, 3.05) is 13.6 Å². The average molecular weight is 219 g/mol. The molecule has 3 heterocycles. The summed E-state index contributed by atoms with van der Waals surface area (Å²) in [5.41, 5.74) is 0.783. The van der Waals surface area contributed by atoms with Crippen LogP contribution in [0.5, 0.6) is 0 Å². The van der Waals surface area contributed by atoms with Crippen LogP contribution in [-0.4, -0.2) is 48.7 Å². The van der Waals surface area contributed by atoms with Crippen molar-refractivity contribution in [1.82, 2.24) is 35.1 Å². The van der Waals surface area contributed by atoms with E-state index >= 15 is 0 Å². The summed E-state index contributed by atoms with van der Waals surface area (Å²) in [7, 11) is 2.11. The van der Waals surface area contributed by atoms with Crippen LogP contribution in [0.15, 0.2) is 6.20 Å². The summed E-state index contributed by atoms with van der Waals surface area (Å²) in [6.07, 6.45) is 1.99. The molecular weight excluding hydrogens is 206 g/mol. The Kier molecular flexibility index (Phi) is 2.00. The number of tetrazole rings is 1. The molecule has 0 fully saturated rings. The van der Waals surface area contributed by atoms with E-state index in [2.05, 4.69) is 49.0 Å². The zero-order valence-corrected chi connectivity index (χ0v) is 9.25. The number of nitrogens with zero attached hydrogens (tertiary/aromatic N) is 6. The van der Waals surface area contributed by atoms with E-state index in [1.165, 1.54) is 0 Å². The number of aromatic amines is 1. The van der Waals surface area contributed by atoms with Gasteiger partial charge in [-0.05, 0) is 19.2 Å². The summed E-state index contributed by atoms with van der Waals surface area (Å²) >= 11 is 0. The molecular formula is C9H13N7. The summed E-state index contributed by atoms with van der Waals surface area (Å²) in [5.74, 6) is 1.62. The molecule has 0 spiro atoms. The lowest BCUT2D eigenvalue weighted by Gasteiger charge is -2.29. The zero-order chi connectivity index (χ0) is 11.1. The number of rotatable bonds is 1. The summed E-state index contributed by atoms with van der Waals surface area (Å²) in [6, 6.07) is 0.328. The van der Waals surface area contributed by atoms with Crippen LogP contribution in [0.1, 0.15) is 18.8 Å². The van der Waals surface area contributed by atoms with Gasteiger partial charge in [0.05, 0.1) is 6.04 Å². The number of H-pyrrole nitrogens is 1. The third-order valence-electron chi connectivity index (χ3n) is 3.11. The van der Waals surface area contributed by atoms with Crippen molar-refractivity contribution in [2.24, 2.45) is 0 Å². The molecule has 1 aliphatic heterocycles. The number of hydrogen-bond donors (Lipinski definition) is 1. The second-order valence-corrected chi connectivity index (χ2v) is 4.07. The maximum Gasteiger partial charge on any atom is 0.224 e. The molecule has 0 saturated heterocycles. The summed E-state index contributed by atoms with van der Waals surface area (Å²) in [4.78, 5) is 6.84. The summed E-state index contributed by atoms with van der Waals surface area (Å²) < 4.78 is 2.16. The molecule has 7 nitrogen and oxygen atoms in total. The van der Waals surface area contributed by atoms with Gasteiger partial charge in [0.25, 0.3) is 0 Å². The molecule has 84 valence electrons. The standard InChI is InChI=1S/C9H13N7/c1-6-9-10-7(8-11-13-14-12-8)5-16(9)4-3-15(6)2/h5-6H,3-4H2,1-2H3,(H,11,12,13,14). The van der Waals surface area contributed by atoms with Crippen LogP contribution >= 0.6 is 0 Å². The highest BCUT2D eigenvalue weighted by atomic mass is 15.5. The van der Waals surface area contributed by atoms with E-state index in [-0.39, 0.29) is 0 Å². The van der Waals surface area contributed by atoms with Gasteiger partial charge < -0.3 is 4.57 Å². The molecule has 0 aromatic carbocycles. The minimum Gasteiger partial charge on any atom is -0.332 e. The van der Waals surface area contributed by atoms with Gasteiger partial charge in [0, 0.05) is 19.3 Å². The Morgan fingerprint density at radius 1 is 1.44 bits per heavy atom. The highest BCUT2D eigenvalue weighted by Gasteiger charge is 2.24. The molecule has 1 N–H and O–H groups in total. The van der Waals surface area contributed by atoms with E-state index in [9.17, 15) is 0 Å². The fourth-order valence-electron chi connectivity index (χ4n) is 1.98. The molecule has 1 unspecified atom stereocenters. The monoisotopic (exact) mass is 219 g/mol. The van der Waals surface area contributed by atoms with Gasteiger partial charge in [0.1, 0.15) is 11.5 Å². The quantitative estimate of drug-likeness (QED) is 0.734. The average Bonchev–Trinajstić information content (AvgIpc) is 2.91. The van der Waals surface area contributed by atoms with E-state index in [0.717, 1.165) is 24.6 Å². The van der Waals surface area contributed by atoms with Crippen LogP contribution in [0.3, 0.4) is 0 Å². The largest absolute Gasteiger partial charge is 0.332 e. The topological polar surface area (TPSA) is 75.5 Å². The first-order valence-electron chi connectivity index (χ1n) is 5.27. The molecule has 16 heavy (non-hydrogen) atoms. The van der Waals surface area contributed by atoms with Crippen LogP contribution in [0, 0.1) is 0 Å². The van der Waals surface area contributed by atoms with Crippen molar-refractivity contribution < 1.29 is 0 Å². The minimum absolute atomic E-state index is 0.328. The van der Waals surface area contributed by atoms with Crippen molar-refractivity contribution in [1.29, 1.82) is 0 Å². The predicted octanol–water partition coefficient (Wildman–Crippen LogP) is 0.0696. The number of likely N-dealkylation sites (N-methyl/N-ethyl adjacent to an activating group) is 1.